The lowest BCUT2D eigenvalue weighted by Gasteiger charge is -2.23. The van der Waals surface area contributed by atoms with Crippen molar-refractivity contribution >= 4 is 5.96 Å². The molecule has 1 aromatic carbocycles. The van der Waals surface area contributed by atoms with E-state index >= 15 is 0 Å². The molecule has 0 aliphatic carbocycles. The van der Waals surface area contributed by atoms with Gasteiger partial charge in [-0.2, -0.15) is 5.10 Å². The highest BCUT2D eigenvalue weighted by molar-refractivity contribution is 5.80. The van der Waals surface area contributed by atoms with Crippen LogP contribution in [0.1, 0.15) is 32.9 Å². The minimum Gasteiger partial charge on any atom is -0.357 e. The Bertz CT molecular complexity index is 748. The molecule has 3 rings (SSSR count). The van der Waals surface area contributed by atoms with Gasteiger partial charge in [-0.3, -0.25) is 4.99 Å². The molecule has 1 aromatic heterocycles. The normalized spacial score (nSPS) is 16.9. The Kier molecular flexibility index (Phi) is 5.59. The number of hydrogen-bond acceptors (Lipinski definition) is 2. The summed E-state index contributed by atoms with van der Waals surface area (Å²) in [5.74, 6) is 0.757. The van der Waals surface area contributed by atoms with E-state index in [0.717, 1.165) is 43.4 Å². The number of benzene rings is 1. The van der Waals surface area contributed by atoms with E-state index in [1.807, 2.05) is 12.3 Å². The molecular formula is C20H28FN5. The molecule has 1 saturated heterocycles. The molecule has 26 heavy (non-hydrogen) atoms. The highest BCUT2D eigenvalue weighted by atomic mass is 19.1. The Morgan fingerprint density at radius 2 is 2.04 bits per heavy atom. The molecule has 1 N–H and O–H groups in total. The summed E-state index contributed by atoms with van der Waals surface area (Å²) in [6, 6.07) is 8.33. The molecule has 2 heterocycles. The second-order valence-electron chi connectivity index (χ2n) is 7.55. The molecule has 6 heteroatoms. The summed E-state index contributed by atoms with van der Waals surface area (Å²) in [5, 5.41) is 7.96. The maximum absolute atomic E-state index is 13.0. The van der Waals surface area contributed by atoms with Gasteiger partial charge >= 0.3 is 0 Å². The average Bonchev–Trinajstić information content (AvgIpc) is 3.21. The van der Waals surface area contributed by atoms with Crippen molar-refractivity contribution in [2.45, 2.75) is 33.6 Å². The van der Waals surface area contributed by atoms with Crippen molar-refractivity contribution in [2.75, 3.05) is 26.2 Å². The van der Waals surface area contributed by atoms with E-state index < -0.39 is 0 Å². The molecule has 5 nitrogen and oxygen atoms in total. The number of likely N-dealkylation sites (tertiary alicyclic amines) is 1. The Morgan fingerprint density at radius 1 is 1.27 bits per heavy atom. The third kappa shape index (κ3) is 4.62. The molecule has 0 atom stereocenters. The fourth-order valence-corrected chi connectivity index (χ4v) is 3.23. The predicted octanol–water partition coefficient (Wildman–Crippen LogP) is 3.25. The largest absolute Gasteiger partial charge is 0.357 e. The smallest absolute Gasteiger partial charge is 0.193 e. The van der Waals surface area contributed by atoms with Crippen LogP contribution in [0.2, 0.25) is 0 Å². The number of nitrogens with one attached hydrogen (secondary N) is 1. The van der Waals surface area contributed by atoms with E-state index in [2.05, 4.69) is 36.1 Å². The number of aliphatic imine (C=N–C) groups is 1. The molecule has 0 amide bonds. The Hall–Kier alpha value is -2.37. The fourth-order valence-electron chi connectivity index (χ4n) is 3.23. The van der Waals surface area contributed by atoms with Crippen LogP contribution in [0, 0.1) is 11.2 Å². The van der Waals surface area contributed by atoms with Gasteiger partial charge in [-0.05, 0) is 49.1 Å². The second-order valence-corrected chi connectivity index (χ2v) is 7.55. The van der Waals surface area contributed by atoms with Crippen LogP contribution < -0.4 is 5.32 Å². The van der Waals surface area contributed by atoms with Crippen LogP contribution in [0.15, 0.2) is 41.5 Å². The van der Waals surface area contributed by atoms with Crippen molar-refractivity contribution in [3.63, 3.8) is 0 Å². The number of guanidine groups is 1. The zero-order chi connectivity index (χ0) is 18.6. The topological polar surface area (TPSA) is 45.5 Å². The predicted molar refractivity (Wildman–Crippen MR) is 103 cm³/mol. The van der Waals surface area contributed by atoms with Crippen LogP contribution in [0.25, 0.3) is 5.69 Å². The van der Waals surface area contributed by atoms with Gasteiger partial charge in [0.25, 0.3) is 0 Å². The molecule has 0 unspecified atom stereocenters. The third-order valence-corrected chi connectivity index (χ3v) is 4.68. The summed E-state index contributed by atoms with van der Waals surface area (Å²) < 4.78 is 14.8. The molecule has 2 aromatic rings. The number of rotatable bonds is 5. The van der Waals surface area contributed by atoms with Crippen LogP contribution in [-0.2, 0) is 6.42 Å². The SMILES string of the molecule is CCNC(=NCCc1ccn(-c2ccc(F)cc2)n1)N1CCC(C)(C)C1. The maximum Gasteiger partial charge on any atom is 0.193 e. The summed E-state index contributed by atoms with van der Waals surface area (Å²) in [4.78, 5) is 7.13. The maximum atomic E-state index is 13.0. The third-order valence-electron chi connectivity index (χ3n) is 4.68. The van der Waals surface area contributed by atoms with Crippen LogP contribution in [0.4, 0.5) is 4.39 Å². The van der Waals surface area contributed by atoms with Crippen LogP contribution >= 0.6 is 0 Å². The van der Waals surface area contributed by atoms with E-state index in [1.165, 1.54) is 18.6 Å². The Morgan fingerprint density at radius 3 is 2.69 bits per heavy atom. The van der Waals surface area contributed by atoms with E-state index in [9.17, 15) is 4.39 Å². The fraction of sp³-hybridized carbons (Fsp3) is 0.500. The van der Waals surface area contributed by atoms with Gasteiger partial charge in [0.1, 0.15) is 5.82 Å². The quantitative estimate of drug-likeness (QED) is 0.660. The molecule has 1 fully saturated rings. The molecule has 1 aliphatic heterocycles. The van der Waals surface area contributed by atoms with Crippen molar-refractivity contribution in [3.05, 3.63) is 48.0 Å². The highest BCUT2D eigenvalue weighted by Gasteiger charge is 2.30. The van der Waals surface area contributed by atoms with E-state index in [4.69, 9.17) is 4.99 Å². The van der Waals surface area contributed by atoms with Crippen molar-refractivity contribution < 1.29 is 4.39 Å². The zero-order valence-corrected chi connectivity index (χ0v) is 15.9. The van der Waals surface area contributed by atoms with Gasteiger partial charge in [-0.15, -0.1) is 0 Å². The minimum absolute atomic E-state index is 0.239. The van der Waals surface area contributed by atoms with E-state index in [-0.39, 0.29) is 5.82 Å². The first-order valence-corrected chi connectivity index (χ1v) is 9.30. The number of aromatic nitrogens is 2. The zero-order valence-electron chi connectivity index (χ0n) is 15.9. The van der Waals surface area contributed by atoms with Gasteiger partial charge in [-0.25, -0.2) is 9.07 Å². The Balaban J connectivity index is 1.60. The molecule has 1 aliphatic rings. The standard InChI is InChI=1S/C20H28FN5/c1-4-22-19(25-14-11-20(2,3)15-25)23-12-9-17-10-13-26(24-17)18-7-5-16(21)6-8-18/h5-8,10,13H,4,9,11-12,14-15H2,1-3H3,(H,22,23). The summed E-state index contributed by atoms with van der Waals surface area (Å²) in [6.07, 6.45) is 3.88. The molecule has 140 valence electrons. The van der Waals surface area contributed by atoms with Crippen molar-refractivity contribution in [1.29, 1.82) is 0 Å². The van der Waals surface area contributed by atoms with Gasteiger partial charge in [0.2, 0.25) is 0 Å². The van der Waals surface area contributed by atoms with Crippen molar-refractivity contribution in [1.82, 2.24) is 20.0 Å². The number of hydrogen-bond donors (Lipinski definition) is 1. The second kappa shape index (κ2) is 7.89. The first kappa shape index (κ1) is 18.4. The number of nitrogens with zero attached hydrogens (tertiary/aromatic N) is 4. The van der Waals surface area contributed by atoms with Gasteiger partial charge in [0.05, 0.1) is 11.4 Å². The van der Waals surface area contributed by atoms with Crippen LogP contribution in [-0.4, -0.2) is 46.8 Å². The van der Waals surface area contributed by atoms with Gasteiger partial charge in [0.15, 0.2) is 5.96 Å². The molecule has 0 radical (unpaired) electrons. The lowest BCUT2D eigenvalue weighted by molar-refractivity contribution is 0.370. The summed E-state index contributed by atoms with van der Waals surface area (Å²) in [6.45, 7) is 10.4. The molecule has 0 bridgehead atoms. The summed E-state index contributed by atoms with van der Waals surface area (Å²) >= 11 is 0. The minimum atomic E-state index is -0.239. The van der Waals surface area contributed by atoms with Crippen LogP contribution in [0.3, 0.4) is 0 Å². The van der Waals surface area contributed by atoms with Gasteiger partial charge < -0.3 is 10.2 Å². The summed E-state index contributed by atoms with van der Waals surface area (Å²) in [7, 11) is 0. The number of halogens is 1. The molecular weight excluding hydrogens is 329 g/mol. The van der Waals surface area contributed by atoms with Crippen LogP contribution in [0.5, 0.6) is 0 Å². The monoisotopic (exact) mass is 357 g/mol. The van der Waals surface area contributed by atoms with Gasteiger partial charge in [0, 0.05) is 38.8 Å². The lowest BCUT2D eigenvalue weighted by Crippen LogP contribution is -2.40. The lowest BCUT2D eigenvalue weighted by atomic mass is 9.93. The summed E-state index contributed by atoms with van der Waals surface area (Å²) in [5.41, 5.74) is 2.19. The van der Waals surface area contributed by atoms with Gasteiger partial charge in [-0.1, -0.05) is 13.8 Å². The molecule has 0 saturated carbocycles. The average molecular weight is 357 g/mol. The van der Waals surface area contributed by atoms with E-state index in [1.54, 1.807) is 16.8 Å². The molecule has 0 spiro atoms. The first-order chi connectivity index (χ1) is 12.5. The van der Waals surface area contributed by atoms with Crippen molar-refractivity contribution in [3.8, 4) is 5.69 Å². The Labute approximate surface area is 154 Å². The first-order valence-electron chi connectivity index (χ1n) is 9.30. The van der Waals surface area contributed by atoms with Crippen molar-refractivity contribution in [2.24, 2.45) is 10.4 Å². The highest BCUT2D eigenvalue weighted by Crippen LogP contribution is 2.28. The van der Waals surface area contributed by atoms with E-state index in [0.29, 0.717) is 12.0 Å².